The van der Waals surface area contributed by atoms with Crippen LogP contribution in [0.2, 0.25) is 0 Å². The van der Waals surface area contributed by atoms with Crippen molar-refractivity contribution in [3.8, 4) is 5.69 Å². The summed E-state index contributed by atoms with van der Waals surface area (Å²) in [6.07, 6.45) is 4.20. The first-order valence-electron chi connectivity index (χ1n) is 5.18. The summed E-state index contributed by atoms with van der Waals surface area (Å²) in [4.78, 5) is 4.18. The minimum absolute atomic E-state index is 0.301. The summed E-state index contributed by atoms with van der Waals surface area (Å²) in [6, 6.07) is 4.75. The zero-order valence-electron chi connectivity index (χ0n) is 9.02. The molecule has 0 saturated carbocycles. The SMILES string of the molecule is CCc1nccn1-c1cccc(F)c1CO. The summed E-state index contributed by atoms with van der Waals surface area (Å²) in [6.45, 7) is 1.67. The van der Waals surface area contributed by atoms with Crippen molar-refractivity contribution in [3.63, 3.8) is 0 Å². The van der Waals surface area contributed by atoms with Gasteiger partial charge >= 0.3 is 0 Å². The standard InChI is InChI=1S/C12H13FN2O/c1-2-12-14-6-7-15(12)11-5-3-4-10(13)9(11)8-16/h3-7,16H,2,8H2,1H3. The molecule has 0 radical (unpaired) electrons. The summed E-state index contributed by atoms with van der Waals surface area (Å²) >= 11 is 0. The molecule has 1 N–H and O–H groups in total. The molecule has 0 atom stereocenters. The van der Waals surface area contributed by atoms with E-state index in [1.807, 2.05) is 6.92 Å². The number of halogens is 1. The zero-order chi connectivity index (χ0) is 11.5. The van der Waals surface area contributed by atoms with E-state index in [1.54, 1.807) is 29.1 Å². The molecule has 2 aromatic rings. The lowest BCUT2D eigenvalue weighted by Crippen LogP contribution is -2.04. The molecule has 0 unspecified atom stereocenters. The van der Waals surface area contributed by atoms with Gasteiger partial charge in [0.25, 0.3) is 0 Å². The number of nitrogens with zero attached hydrogens (tertiary/aromatic N) is 2. The molecule has 1 aromatic carbocycles. The van der Waals surface area contributed by atoms with Gasteiger partial charge in [-0.3, -0.25) is 0 Å². The molecule has 0 aliphatic carbocycles. The highest BCUT2D eigenvalue weighted by atomic mass is 19.1. The summed E-state index contributed by atoms with van der Waals surface area (Å²) in [5.74, 6) is 0.455. The fourth-order valence-corrected chi connectivity index (χ4v) is 1.74. The molecule has 0 fully saturated rings. The van der Waals surface area contributed by atoms with Crippen LogP contribution in [-0.4, -0.2) is 14.7 Å². The maximum atomic E-state index is 13.5. The van der Waals surface area contributed by atoms with Crippen LogP contribution in [0, 0.1) is 5.82 Å². The third kappa shape index (κ3) is 1.72. The summed E-state index contributed by atoms with van der Waals surface area (Å²) < 4.78 is 15.3. The van der Waals surface area contributed by atoms with Crippen molar-refractivity contribution < 1.29 is 9.50 Å². The van der Waals surface area contributed by atoms with Gasteiger partial charge in [0.15, 0.2) is 0 Å². The summed E-state index contributed by atoms with van der Waals surface area (Å²) in [5, 5.41) is 9.19. The Kier molecular flexibility index (Phi) is 3.01. The number of aliphatic hydroxyl groups excluding tert-OH is 1. The largest absolute Gasteiger partial charge is 0.391 e. The molecule has 3 nitrogen and oxygen atoms in total. The Hall–Kier alpha value is -1.68. The van der Waals surface area contributed by atoms with E-state index in [0.29, 0.717) is 11.3 Å². The van der Waals surface area contributed by atoms with Crippen LogP contribution >= 0.6 is 0 Å². The fraction of sp³-hybridized carbons (Fsp3) is 0.250. The van der Waals surface area contributed by atoms with Crippen LogP contribution < -0.4 is 0 Å². The van der Waals surface area contributed by atoms with E-state index in [1.165, 1.54) is 6.07 Å². The van der Waals surface area contributed by atoms with Gasteiger partial charge in [-0.05, 0) is 12.1 Å². The van der Waals surface area contributed by atoms with E-state index in [9.17, 15) is 9.50 Å². The lowest BCUT2D eigenvalue weighted by Gasteiger charge is -2.11. The highest BCUT2D eigenvalue weighted by Gasteiger charge is 2.11. The van der Waals surface area contributed by atoms with Gasteiger partial charge in [-0.2, -0.15) is 0 Å². The van der Waals surface area contributed by atoms with Gasteiger partial charge in [-0.1, -0.05) is 13.0 Å². The normalized spacial score (nSPS) is 10.7. The van der Waals surface area contributed by atoms with E-state index in [4.69, 9.17) is 0 Å². The fourth-order valence-electron chi connectivity index (χ4n) is 1.74. The molecule has 84 valence electrons. The van der Waals surface area contributed by atoms with Crippen molar-refractivity contribution in [2.75, 3.05) is 0 Å². The Balaban J connectivity index is 2.60. The van der Waals surface area contributed by atoms with Crippen molar-refractivity contribution in [2.24, 2.45) is 0 Å². The van der Waals surface area contributed by atoms with Crippen LogP contribution in [0.1, 0.15) is 18.3 Å². The number of aromatic nitrogens is 2. The van der Waals surface area contributed by atoms with Crippen LogP contribution in [0.25, 0.3) is 5.69 Å². The Bertz CT molecular complexity index is 494. The highest BCUT2D eigenvalue weighted by molar-refractivity contribution is 5.42. The van der Waals surface area contributed by atoms with Gasteiger partial charge in [0.2, 0.25) is 0 Å². The maximum absolute atomic E-state index is 13.5. The molecular formula is C12H13FN2O. The van der Waals surface area contributed by atoms with Gasteiger partial charge in [0, 0.05) is 24.4 Å². The topological polar surface area (TPSA) is 38.0 Å². The van der Waals surface area contributed by atoms with E-state index < -0.39 is 5.82 Å². The van der Waals surface area contributed by atoms with Gasteiger partial charge in [0.05, 0.1) is 12.3 Å². The second-order valence-electron chi connectivity index (χ2n) is 3.46. The van der Waals surface area contributed by atoms with E-state index in [-0.39, 0.29) is 6.61 Å². The van der Waals surface area contributed by atoms with Crippen LogP contribution in [0.4, 0.5) is 4.39 Å². The summed E-state index contributed by atoms with van der Waals surface area (Å²) in [7, 11) is 0. The number of rotatable bonds is 3. The van der Waals surface area contributed by atoms with Crippen molar-refractivity contribution in [3.05, 3.63) is 47.8 Å². The van der Waals surface area contributed by atoms with Crippen LogP contribution in [0.15, 0.2) is 30.6 Å². The quantitative estimate of drug-likeness (QED) is 0.859. The van der Waals surface area contributed by atoms with Crippen molar-refractivity contribution in [2.45, 2.75) is 20.0 Å². The molecule has 0 saturated heterocycles. The molecule has 4 heteroatoms. The van der Waals surface area contributed by atoms with E-state index >= 15 is 0 Å². The molecule has 0 aliphatic heterocycles. The number of aliphatic hydroxyl groups is 1. The summed E-state index contributed by atoms with van der Waals surface area (Å²) in [5.41, 5.74) is 0.951. The second kappa shape index (κ2) is 4.45. The molecule has 1 heterocycles. The number of hydrogen-bond donors (Lipinski definition) is 1. The first-order chi connectivity index (χ1) is 7.77. The maximum Gasteiger partial charge on any atom is 0.130 e. The van der Waals surface area contributed by atoms with Crippen molar-refractivity contribution in [1.29, 1.82) is 0 Å². The Labute approximate surface area is 93.2 Å². The monoisotopic (exact) mass is 220 g/mol. The van der Waals surface area contributed by atoms with Crippen molar-refractivity contribution >= 4 is 0 Å². The number of benzene rings is 1. The Morgan fingerprint density at radius 3 is 2.94 bits per heavy atom. The van der Waals surface area contributed by atoms with Gasteiger partial charge < -0.3 is 9.67 Å². The number of hydrogen-bond acceptors (Lipinski definition) is 2. The van der Waals surface area contributed by atoms with E-state index in [0.717, 1.165) is 12.2 Å². The molecule has 0 amide bonds. The first-order valence-corrected chi connectivity index (χ1v) is 5.18. The Morgan fingerprint density at radius 2 is 2.25 bits per heavy atom. The smallest absolute Gasteiger partial charge is 0.130 e. The van der Waals surface area contributed by atoms with Crippen LogP contribution in [-0.2, 0) is 13.0 Å². The molecule has 0 spiro atoms. The zero-order valence-corrected chi connectivity index (χ0v) is 9.02. The predicted molar refractivity (Wildman–Crippen MR) is 58.8 cm³/mol. The number of aryl methyl sites for hydroxylation is 1. The van der Waals surface area contributed by atoms with Gasteiger partial charge in [-0.25, -0.2) is 9.37 Å². The van der Waals surface area contributed by atoms with E-state index in [2.05, 4.69) is 4.98 Å². The third-order valence-electron chi connectivity index (χ3n) is 2.55. The van der Waals surface area contributed by atoms with Crippen LogP contribution in [0.5, 0.6) is 0 Å². The van der Waals surface area contributed by atoms with Gasteiger partial charge in [-0.15, -0.1) is 0 Å². The second-order valence-corrected chi connectivity index (χ2v) is 3.46. The minimum Gasteiger partial charge on any atom is -0.391 e. The van der Waals surface area contributed by atoms with Crippen LogP contribution in [0.3, 0.4) is 0 Å². The molecular weight excluding hydrogens is 207 g/mol. The third-order valence-corrected chi connectivity index (χ3v) is 2.55. The molecule has 16 heavy (non-hydrogen) atoms. The molecule has 2 rings (SSSR count). The van der Waals surface area contributed by atoms with Crippen molar-refractivity contribution in [1.82, 2.24) is 9.55 Å². The molecule has 0 bridgehead atoms. The molecule has 0 aliphatic rings. The average Bonchev–Trinajstić information content (AvgIpc) is 2.76. The highest BCUT2D eigenvalue weighted by Crippen LogP contribution is 2.19. The first kappa shape index (κ1) is 10.8. The minimum atomic E-state index is -0.393. The lowest BCUT2D eigenvalue weighted by atomic mass is 10.1. The molecule has 1 aromatic heterocycles. The number of imidazole rings is 1. The Morgan fingerprint density at radius 1 is 1.44 bits per heavy atom. The van der Waals surface area contributed by atoms with Gasteiger partial charge in [0.1, 0.15) is 11.6 Å². The predicted octanol–water partition coefficient (Wildman–Crippen LogP) is 2.07. The average molecular weight is 220 g/mol. The lowest BCUT2D eigenvalue weighted by molar-refractivity contribution is 0.275.